The lowest BCUT2D eigenvalue weighted by Gasteiger charge is -2.02. The molecule has 1 amide bonds. The molecular formula is C11H17N3O4. The number of nitrogens with one attached hydrogen (secondary N) is 1. The summed E-state index contributed by atoms with van der Waals surface area (Å²) in [4.78, 5) is 21.5. The number of amides is 1. The summed E-state index contributed by atoms with van der Waals surface area (Å²) in [6.45, 7) is 2.13. The van der Waals surface area contributed by atoms with Crippen LogP contribution in [-0.2, 0) is 20.9 Å². The van der Waals surface area contributed by atoms with Crippen LogP contribution in [0.1, 0.15) is 19.8 Å². The van der Waals surface area contributed by atoms with Gasteiger partial charge in [0.25, 0.3) is 0 Å². The highest BCUT2D eigenvalue weighted by Crippen LogP contribution is 2.05. The van der Waals surface area contributed by atoms with Gasteiger partial charge in [0.2, 0.25) is 5.91 Å². The van der Waals surface area contributed by atoms with E-state index in [1.54, 1.807) is 17.1 Å². The van der Waals surface area contributed by atoms with Gasteiger partial charge in [-0.25, -0.2) is 4.79 Å². The van der Waals surface area contributed by atoms with E-state index >= 15 is 0 Å². The molecule has 18 heavy (non-hydrogen) atoms. The van der Waals surface area contributed by atoms with Gasteiger partial charge in [-0.1, -0.05) is 13.3 Å². The van der Waals surface area contributed by atoms with E-state index in [9.17, 15) is 9.59 Å². The third kappa shape index (κ3) is 5.44. The minimum atomic E-state index is -1.10. The zero-order chi connectivity index (χ0) is 13.4. The lowest BCUT2D eigenvalue weighted by Crippen LogP contribution is -2.20. The molecule has 0 aliphatic heterocycles. The molecule has 0 spiro atoms. The predicted octanol–water partition coefficient (Wildman–Crippen LogP) is 0.723. The van der Waals surface area contributed by atoms with Crippen LogP contribution in [0, 0.1) is 0 Å². The van der Waals surface area contributed by atoms with Gasteiger partial charge in [0.15, 0.2) is 0 Å². The van der Waals surface area contributed by atoms with Gasteiger partial charge < -0.3 is 15.2 Å². The summed E-state index contributed by atoms with van der Waals surface area (Å²) in [5.74, 6) is -1.50. The van der Waals surface area contributed by atoms with Crippen molar-refractivity contribution in [1.29, 1.82) is 0 Å². The Morgan fingerprint density at radius 1 is 1.50 bits per heavy atom. The number of rotatable bonds is 8. The van der Waals surface area contributed by atoms with Crippen LogP contribution in [0.2, 0.25) is 0 Å². The number of hydrogen-bond donors (Lipinski definition) is 2. The number of aromatic nitrogens is 2. The van der Waals surface area contributed by atoms with E-state index in [0.717, 1.165) is 19.4 Å². The van der Waals surface area contributed by atoms with Gasteiger partial charge in [-0.2, -0.15) is 5.10 Å². The van der Waals surface area contributed by atoms with Crippen molar-refractivity contribution in [1.82, 2.24) is 9.78 Å². The topological polar surface area (TPSA) is 93.5 Å². The Bertz CT molecular complexity index is 403. The Morgan fingerprint density at radius 2 is 2.28 bits per heavy atom. The number of carboxylic acids is 1. The second kappa shape index (κ2) is 7.44. The van der Waals surface area contributed by atoms with Crippen LogP contribution < -0.4 is 5.32 Å². The highest BCUT2D eigenvalue weighted by Gasteiger charge is 2.06. The number of aryl methyl sites for hydroxylation is 1. The molecule has 0 atom stereocenters. The van der Waals surface area contributed by atoms with E-state index < -0.39 is 18.5 Å². The minimum Gasteiger partial charge on any atom is -0.480 e. The van der Waals surface area contributed by atoms with Crippen molar-refractivity contribution in [3.63, 3.8) is 0 Å². The minimum absolute atomic E-state index is 0.285. The van der Waals surface area contributed by atoms with E-state index in [0.29, 0.717) is 5.69 Å². The maximum Gasteiger partial charge on any atom is 0.329 e. The van der Waals surface area contributed by atoms with Crippen LogP contribution in [0.25, 0.3) is 0 Å². The molecule has 0 bridgehead atoms. The number of anilines is 1. The first-order valence-electron chi connectivity index (χ1n) is 5.73. The van der Waals surface area contributed by atoms with Gasteiger partial charge >= 0.3 is 5.97 Å². The molecule has 1 rings (SSSR count). The second-order valence-corrected chi connectivity index (χ2v) is 3.78. The molecular weight excluding hydrogens is 238 g/mol. The molecule has 0 radical (unpaired) electrons. The van der Waals surface area contributed by atoms with Gasteiger partial charge in [0.05, 0.1) is 11.9 Å². The average molecular weight is 255 g/mol. The largest absolute Gasteiger partial charge is 0.480 e. The fourth-order valence-corrected chi connectivity index (χ4v) is 1.30. The number of aliphatic carboxylic acids is 1. The number of hydrogen-bond acceptors (Lipinski definition) is 4. The Hall–Kier alpha value is -1.89. The van der Waals surface area contributed by atoms with Crippen LogP contribution in [0.3, 0.4) is 0 Å². The maximum absolute atomic E-state index is 11.4. The zero-order valence-corrected chi connectivity index (χ0v) is 10.3. The molecule has 2 N–H and O–H groups in total. The van der Waals surface area contributed by atoms with Crippen LogP contribution >= 0.6 is 0 Å². The number of unbranched alkanes of at least 4 members (excludes halogenated alkanes) is 1. The summed E-state index contributed by atoms with van der Waals surface area (Å²) in [6.07, 6.45) is 5.37. The van der Waals surface area contributed by atoms with Crippen LogP contribution in [0.4, 0.5) is 5.69 Å². The zero-order valence-electron chi connectivity index (χ0n) is 10.3. The van der Waals surface area contributed by atoms with Gasteiger partial charge in [-0.15, -0.1) is 0 Å². The number of carbonyl (C=O) groups excluding carboxylic acids is 1. The van der Waals surface area contributed by atoms with E-state index in [2.05, 4.69) is 22.1 Å². The molecule has 1 heterocycles. The summed E-state index contributed by atoms with van der Waals surface area (Å²) in [7, 11) is 0. The van der Waals surface area contributed by atoms with E-state index in [4.69, 9.17) is 5.11 Å². The fraction of sp³-hybridized carbons (Fsp3) is 0.545. The number of carbonyl (C=O) groups is 2. The van der Waals surface area contributed by atoms with E-state index in [-0.39, 0.29) is 6.61 Å². The van der Waals surface area contributed by atoms with Crippen LogP contribution in [0.5, 0.6) is 0 Å². The molecule has 7 nitrogen and oxygen atoms in total. The van der Waals surface area contributed by atoms with Crippen molar-refractivity contribution in [3.05, 3.63) is 12.4 Å². The molecule has 0 aromatic carbocycles. The Balaban J connectivity index is 2.30. The first-order chi connectivity index (χ1) is 8.61. The smallest absolute Gasteiger partial charge is 0.329 e. The number of carboxylic acid groups (broad SMARTS) is 1. The maximum atomic E-state index is 11.4. The van der Waals surface area contributed by atoms with Gasteiger partial charge in [0.1, 0.15) is 13.2 Å². The summed E-state index contributed by atoms with van der Waals surface area (Å²) in [6, 6.07) is 0. The first-order valence-corrected chi connectivity index (χ1v) is 5.73. The number of ether oxygens (including phenoxy) is 1. The van der Waals surface area contributed by atoms with Crippen molar-refractivity contribution < 1.29 is 19.4 Å². The van der Waals surface area contributed by atoms with E-state index in [1.165, 1.54) is 0 Å². The molecule has 1 aromatic heterocycles. The molecule has 7 heteroatoms. The van der Waals surface area contributed by atoms with Gasteiger partial charge in [-0.3, -0.25) is 9.48 Å². The summed E-state index contributed by atoms with van der Waals surface area (Å²) >= 11 is 0. The quantitative estimate of drug-likeness (QED) is 0.714. The normalized spacial score (nSPS) is 10.3. The molecule has 100 valence electrons. The van der Waals surface area contributed by atoms with Crippen LogP contribution in [-0.4, -0.2) is 40.0 Å². The Kier molecular flexibility index (Phi) is 5.86. The molecule has 0 saturated heterocycles. The molecule has 0 unspecified atom stereocenters. The van der Waals surface area contributed by atoms with Crippen molar-refractivity contribution in [2.24, 2.45) is 0 Å². The average Bonchev–Trinajstić information content (AvgIpc) is 2.73. The third-order valence-electron chi connectivity index (χ3n) is 2.12. The summed E-state index contributed by atoms with van der Waals surface area (Å²) in [5.41, 5.74) is 0.579. The second-order valence-electron chi connectivity index (χ2n) is 3.78. The fourth-order valence-electron chi connectivity index (χ4n) is 1.30. The highest BCUT2D eigenvalue weighted by molar-refractivity contribution is 5.91. The van der Waals surface area contributed by atoms with Crippen molar-refractivity contribution >= 4 is 17.6 Å². The van der Waals surface area contributed by atoms with E-state index in [1.807, 2.05) is 0 Å². The van der Waals surface area contributed by atoms with Crippen molar-refractivity contribution in [2.75, 3.05) is 18.5 Å². The highest BCUT2D eigenvalue weighted by atomic mass is 16.5. The lowest BCUT2D eigenvalue weighted by molar-refractivity contribution is -0.143. The molecule has 0 aliphatic rings. The Labute approximate surface area is 105 Å². The monoisotopic (exact) mass is 255 g/mol. The third-order valence-corrected chi connectivity index (χ3v) is 2.12. The molecule has 1 aromatic rings. The van der Waals surface area contributed by atoms with Gasteiger partial charge in [0, 0.05) is 12.7 Å². The predicted molar refractivity (Wildman–Crippen MR) is 64.2 cm³/mol. The number of nitrogens with zero attached hydrogens (tertiary/aromatic N) is 2. The van der Waals surface area contributed by atoms with Gasteiger partial charge in [-0.05, 0) is 6.42 Å². The lowest BCUT2D eigenvalue weighted by atomic mass is 10.3. The van der Waals surface area contributed by atoms with Crippen molar-refractivity contribution in [2.45, 2.75) is 26.3 Å². The molecule has 0 aliphatic carbocycles. The molecule has 0 fully saturated rings. The van der Waals surface area contributed by atoms with Crippen LogP contribution in [0.15, 0.2) is 12.4 Å². The first kappa shape index (κ1) is 14.2. The standard InChI is InChI=1S/C11H17N3O4/c1-2-3-4-14-6-9(5-12-14)13-10(15)7-18-8-11(16)17/h5-6H,2-4,7-8H2,1H3,(H,13,15)(H,16,17). The Morgan fingerprint density at radius 3 is 2.94 bits per heavy atom. The summed E-state index contributed by atoms with van der Waals surface area (Å²) < 4.78 is 6.41. The molecule has 0 saturated carbocycles. The SMILES string of the molecule is CCCCn1cc(NC(=O)COCC(=O)O)cn1. The van der Waals surface area contributed by atoms with Crippen molar-refractivity contribution in [3.8, 4) is 0 Å². The summed E-state index contributed by atoms with van der Waals surface area (Å²) in [5, 5.41) is 15.0.